The van der Waals surface area contributed by atoms with Crippen molar-refractivity contribution in [2.45, 2.75) is 57.1 Å². The smallest absolute Gasteiger partial charge is 0.0700 e. The van der Waals surface area contributed by atoms with Crippen LogP contribution in [0, 0.1) is 5.92 Å². The summed E-state index contributed by atoms with van der Waals surface area (Å²) in [5.74, 6) is 0.577. The van der Waals surface area contributed by atoms with Crippen molar-refractivity contribution >= 4 is 0 Å². The van der Waals surface area contributed by atoms with E-state index in [2.05, 4.69) is 12.2 Å². The quantitative estimate of drug-likeness (QED) is 0.768. The lowest BCUT2D eigenvalue weighted by Gasteiger charge is -2.42. The number of ether oxygens (including phenoxy) is 1. The van der Waals surface area contributed by atoms with Gasteiger partial charge in [0.1, 0.15) is 0 Å². The predicted octanol–water partition coefficient (Wildman–Crippen LogP) is 1.70. The van der Waals surface area contributed by atoms with Gasteiger partial charge in [-0.15, -0.1) is 0 Å². The van der Waals surface area contributed by atoms with Crippen LogP contribution >= 0.6 is 0 Å². The van der Waals surface area contributed by atoms with Crippen LogP contribution in [0.4, 0.5) is 0 Å². The Hall–Kier alpha value is -0.120. The Balaban J connectivity index is 1.87. The summed E-state index contributed by atoms with van der Waals surface area (Å²) in [6.45, 7) is 4.34. The fraction of sp³-hybridized carbons (Fsp3) is 1.00. The predicted molar refractivity (Wildman–Crippen MR) is 64.4 cm³/mol. The molecule has 0 aromatic carbocycles. The largest absolute Gasteiger partial charge is 0.394 e. The van der Waals surface area contributed by atoms with Crippen LogP contribution in [-0.4, -0.2) is 36.5 Å². The lowest BCUT2D eigenvalue weighted by Crippen LogP contribution is -2.56. The van der Waals surface area contributed by atoms with Crippen molar-refractivity contribution in [2.75, 3.05) is 19.8 Å². The van der Waals surface area contributed by atoms with Crippen molar-refractivity contribution in [3.63, 3.8) is 0 Å². The molecule has 3 atom stereocenters. The fourth-order valence-corrected chi connectivity index (χ4v) is 3.09. The summed E-state index contributed by atoms with van der Waals surface area (Å²) >= 11 is 0. The minimum Gasteiger partial charge on any atom is -0.394 e. The minimum absolute atomic E-state index is 0.0375. The molecule has 2 rings (SSSR count). The fourth-order valence-electron chi connectivity index (χ4n) is 3.09. The molecule has 3 unspecified atom stereocenters. The molecule has 2 aliphatic rings. The molecular formula is C13H25NO2. The second-order valence-electron chi connectivity index (χ2n) is 5.48. The highest BCUT2D eigenvalue weighted by molar-refractivity contribution is 4.95. The lowest BCUT2D eigenvalue weighted by atomic mass is 9.74. The molecule has 0 radical (unpaired) electrons. The molecule has 0 bridgehead atoms. The van der Waals surface area contributed by atoms with Crippen LogP contribution in [0.25, 0.3) is 0 Å². The van der Waals surface area contributed by atoms with E-state index in [1.54, 1.807) is 0 Å². The average molecular weight is 227 g/mol. The summed E-state index contributed by atoms with van der Waals surface area (Å²) in [6.07, 6.45) is 7.62. The van der Waals surface area contributed by atoms with Gasteiger partial charge in [0.2, 0.25) is 0 Å². The summed E-state index contributed by atoms with van der Waals surface area (Å²) in [5, 5.41) is 13.3. The Morgan fingerprint density at radius 3 is 2.81 bits per heavy atom. The number of hydrogen-bond acceptors (Lipinski definition) is 3. The van der Waals surface area contributed by atoms with E-state index in [9.17, 15) is 5.11 Å². The number of rotatable bonds is 4. The van der Waals surface area contributed by atoms with Crippen molar-refractivity contribution in [3.8, 4) is 0 Å². The van der Waals surface area contributed by atoms with Crippen LogP contribution in [-0.2, 0) is 4.74 Å². The number of aliphatic hydroxyl groups is 1. The standard InChI is InChI=1S/C13H25NO2/c1-11-5-2-3-7-13(11,10-15)14-9-12-6-4-8-16-12/h11-12,14-15H,2-10H2,1H3. The van der Waals surface area contributed by atoms with E-state index in [0.717, 1.165) is 19.6 Å². The molecule has 2 N–H and O–H groups in total. The zero-order valence-corrected chi connectivity index (χ0v) is 10.4. The molecular weight excluding hydrogens is 202 g/mol. The molecule has 0 aromatic heterocycles. The van der Waals surface area contributed by atoms with Crippen LogP contribution in [0.3, 0.4) is 0 Å². The zero-order valence-electron chi connectivity index (χ0n) is 10.4. The van der Waals surface area contributed by atoms with Crippen LogP contribution in [0.5, 0.6) is 0 Å². The molecule has 1 aliphatic carbocycles. The first-order valence-electron chi connectivity index (χ1n) is 6.74. The van der Waals surface area contributed by atoms with Crippen molar-refractivity contribution in [1.29, 1.82) is 0 Å². The maximum Gasteiger partial charge on any atom is 0.0700 e. The Bertz CT molecular complexity index is 216. The number of nitrogens with one attached hydrogen (secondary N) is 1. The van der Waals surface area contributed by atoms with E-state index in [1.807, 2.05) is 0 Å². The highest BCUT2D eigenvalue weighted by Gasteiger charge is 2.37. The first kappa shape index (κ1) is 12.3. The van der Waals surface area contributed by atoms with E-state index in [4.69, 9.17) is 4.74 Å². The third-order valence-electron chi connectivity index (χ3n) is 4.44. The summed E-state index contributed by atoms with van der Waals surface area (Å²) in [5.41, 5.74) is -0.0375. The molecule has 1 aliphatic heterocycles. The highest BCUT2D eigenvalue weighted by atomic mass is 16.5. The van der Waals surface area contributed by atoms with Gasteiger partial charge in [-0.05, 0) is 31.6 Å². The summed E-state index contributed by atoms with van der Waals surface area (Å²) in [4.78, 5) is 0. The van der Waals surface area contributed by atoms with E-state index in [1.165, 1.54) is 32.1 Å². The number of aliphatic hydroxyl groups excluding tert-OH is 1. The van der Waals surface area contributed by atoms with Gasteiger partial charge < -0.3 is 15.2 Å². The molecule has 0 spiro atoms. The average Bonchev–Trinajstić information content (AvgIpc) is 2.82. The van der Waals surface area contributed by atoms with Gasteiger partial charge in [-0.3, -0.25) is 0 Å². The summed E-state index contributed by atoms with van der Waals surface area (Å²) in [6, 6.07) is 0. The second-order valence-corrected chi connectivity index (χ2v) is 5.48. The van der Waals surface area contributed by atoms with Crippen LogP contribution in [0.15, 0.2) is 0 Å². The molecule has 2 fully saturated rings. The normalized spacial score (nSPS) is 40.1. The van der Waals surface area contributed by atoms with Gasteiger partial charge in [-0.2, -0.15) is 0 Å². The Morgan fingerprint density at radius 1 is 1.31 bits per heavy atom. The Labute approximate surface area is 98.6 Å². The molecule has 3 heteroatoms. The van der Waals surface area contributed by atoms with Gasteiger partial charge in [-0.1, -0.05) is 19.8 Å². The SMILES string of the molecule is CC1CCCCC1(CO)NCC1CCCO1. The number of hydrogen-bond donors (Lipinski definition) is 2. The minimum atomic E-state index is -0.0375. The van der Waals surface area contributed by atoms with Gasteiger partial charge in [0, 0.05) is 18.7 Å². The van der Waals surface area contributed by atoms with Crippen LogP contribution in [0.1, 0.15) is 45.4 Å². The molecule has 1 saturated carbocycles. The summed E-state index contributed by atoms with van der Waals surface area (Å²) in [7, 11) is 0. The van der Waals surface area contributed by atoms with Crippen LogP contribution in [0.2, 0.25) is 0 Å². The molecule has 94 valence electrons. The van der Waals surface area contributed by atoms with Gasteiger partial charge in [0.25, 0.3) is 0 Å². The molecule has 0 aromatic rings. The van der Waals surface area contributed by atoms with Gasteiger partial charge >= 0.3 is 0 Å². The van der Waals surface area contributed by atoms with Crippen molar-refractivity contribution in [1.82, 2.24) is 5.32 Å². The maximum atomic E-state index is 9.68. The second kappa shape index (κ2) is 5.48. The molecule has 16 heavy (non-hydrogen) atoms. The highest BCUT2D eigenvalue weighted by Crippen LogP contribution is 2.33. The molecule has 1 heterocycles. The maximum absolute atomic E-state index is 9.68. The van der Waals surface area contributed by atoms with E-state index in [0.29, 0.717) is 12.0 Å². The first-order valence-corrected chi connectivity index (χ1v) is 6.74. The topological polar surface area (TPSA) is 41.5 Å². The van der Waals surface area contributed by atoms with Gasteiger partial charge in [0.15, 0.2) is 0 Å². The molecule has 1 saturated heterocycles. The van der Waals surface area contributed by atoms with Gasteiger partial charge in [-0.25, -0.2) is 0 Å². The van der Waals surface area contributed by atoms with Crippen molar-refractivity contribution in [3.05, 3.63) is 0 Å². The van der Waals surface area contributed by atoms with E-state index >= 15 is 0 Å². The molecule has 3 nitrogen and oxygen atoms in total. The third kappa shape index (κ3) is 2.58. The van der Waals surface area contributed by atoms with Crippen LogP contribution < -0.4 is 5.32 Å². The Kier molecular flexibility index (Phi) is 4.22. The monoisotopic (exact) mass is 227 g/mol. The van der Waals surface area contributed by atoms with Crippen molar-refractivity contribution < 1.29 is 9.84 Å². The lowest BCUT2D eigenvalue weighted by molar-refractivity contribution is 0.0486. The van der Waals surface area contributed by atoms with E-state index < -0.39 is 0 Å². The van der Waals surface area contributed by atoms with Gasteiger partial charge in [0.05, 0.1) is 12.7 Å². The van der Waals surface area contributed by atoms with E-state index in [-0.39, 0.29) is 12.1 Å². The summed E-state index contributed by atoms with van der Waals surface area (Å²) < 4.78 is 5.62. The van der Waals surface area contributed by atoms with Crippen molar-refractivity contribution in [2.24, 2.45) is 5.92 Å². The molecule has 0 amide bonds. The Morgan fingerprint density at radius 2 is 2.19 bits per heavy atom. The third-order valence-corrected chi connectivity index (χ3v) is 4.44. The first-order chi connectivity index (χ1) is 7.77. The zero-order chi connectivity index (χ0) is 11.4.